The average Bonchev–Trinajstić information content (AvgIpc) is 2.40. The van der Waals surface area contributed by atoms with E-state index in [1.54, 1.807) is 12.1 Å². The third kappa shape index (κ3) is 2.91. The Morgan fingerprint density at radius 2 is 1.95 bits per heavy atom. The first-order valence-corrected chi connectivity index (χ1v) is 6.29. The zero-order chi connectivity index (χ0) is 14.7. The van der Waals surface area contributed by atoms with Gasteiger partial charge in [0.05, 0.1) is 5.69 Å². The van der Waals surface area contributed by atoms with Crippen LogP contribution in [0.4, 0.5) is 5.69 Å². The number of ether oxygens (including phenoxy) is 1. The maximum absolute atomic E-state index is 11.1. The van der Waals surface area contributed by atoms with E-state index >= 15 is 0 Å². The van der Waals surface area contributed by atoms with Crippen molar-refractivity contribution in [2.75, 3.05) is 5.73 Å². The first-order chi connectivity index (χ1) is 9.49. The molecule has 0 spiro atoms. The topological polar surface area (TPSA) is 72.5 Å². The van der Waals surface area contributed by atoms with E-state index in [-0.39, 0.29) is 17.9 Å². The molecule has 2 aromatic carbocycles. The Kier molecular flexibility index (Phi) is 3.94. The lowest BCUT2D eigenvalue weighted by molar-refractivity contribution is 0.0692. The van der Waals surface area contributed by atoms with Crippen molar-refractivity contribution >= 4 is 11.7 Å². The van der Waals surface area contributed by atoms with Crippen molar-refractivity contribution in [2.45, 2.75) is 20.5 Å². The fraction of sp³-hybridized carbons (Fsp3) is 0.188. The van der Waals surface area contributed by atoms with Gasteiger partial charge >= 0.3 is 5.97 Å². The fourth-order valence-electron chi connectivity index (χ4n) is 1.93. The molecule has 0 unspecified atom stereocenters. The maximum Gasteiger partial charge on any atom is 0.339 e. The molecule has 20 heavy (non-hydrogen) atoms. The van der Waals surface area contributed by atoms with Crippen LogP contribution < -0.4 is 10.5 Å². The van der Waals surface area contributed by atoms with Crippen molar-refractivity contribution < 1.29 is 14.6 Å². The molecule has 0 saturated heterocycles. The van der Waals surface area contributed by atoms with Gasteiger partial charge in [0, 0.05) is 0 Å². The lowest BCUT2D eigenvalue weighted by atomic mass is 10.1. The number of carbonyl (C=O) groups is 1. The summed E-state index contributed by atoms with van der Waals surface area (Å²) >= 11 is 0. The number of carboxylic acids is 1. The molecule has 0 fully saturated rings. The Balaban J connectivity index is 2.22. The molecule has 0 aromatic heterocycles. The van der Waals surface area contributed by atoms with Crippen molar-refractivity contribution in [1.29, 1.82) is 0 Å². The summed E-state index contributed by atoms with van der Waals surface area (Å²) in [6.07, 6.45) is 0. The van der Waals surface area contributed by atoms with E-state index in [0.717, 1.165) is 5.56 Å². The second kappa shape index (κ2) is 5.65. The smallest absolute Gasteiger partial charge is 0.339 e. The van der Waals surface area contributed by atoms with Gasteiger partial charge in [-0.1, -0.05) is 24.3 Å². The van der Waals surface area contributed by atoms with Crippen LogP contribution in [0.1, 0.15) is 27.0 Å². The number of nitrogens with two attached hydrogens (primary N) is 1. The summed E-state index contributed by atoms with van der Waals surface area (Å²) in [5, 5.41) is 9.13. The number of anilines is 1. The first-order valence-electron chi connectivity index (χ1n) is 6.29. The molecule has 3 N–H and O–H groups in total. The van der Waals surface area contributed by atoms with Crippen LogP contribution in [0.3, 0.4) is 0 Å². The van der Waals surface area contributed by atoms with E-state index < -0.39 is 5.97 Å². The lowest BCUT2D eigenvalue weighted by Crippen LogP contribution is -2.06. The highest BCUT2D eigenvalue weighted by molar-refractivity contribution is 5.93. The van der Waals surface area contributed by atoms with Crippen LogP contribution in [0.25, 0.3) is 0 Å². The van der Waals surface area contributed by atoms with Crippen molar-refractivity contribution in [2.24, 2.45) is 0 Å². The molecule has 104 valence electrons. The van der Waals surface area contributed by atoms with E-state index in [9.17, 15) is 4.79 Å². The minimum atomic E-state index is -1.05. The highest BCUT2D eigenvalue weighted by Gasteiger charge is 2.14. The fourth-order valence-corrected chi connectivity index (χ4v) is 1.93. The van der Waals surface area contributed by atoms with Crippen LogP contribution in [-0.2, 0) is 6.61 Å². The zero-order valence-corrected chi connectivity index (χ0v) is 11.5. The van der Waals surface area contributed by atoms with Gasteiger partial charge in [0.2, 0.25) is 0 Å². The van der Waals surface area contributed by atoms with Crippen LogP contribution in [0.5, 0.6) is 5.75 Å². The van der Waals surface area contributed by atoms with Crippen LogP contribution >= 0.6 is 0 Å². The molecule has 4 nitrogen and oxygen atoms in total. The summed E-state index contributed by atoms with van der Waals surface area (Å²) in [5.74, 6) is -0.828. The van der Waals surface area contributed by atoms with Crippen molar-refractivity contribution in [3.05, 3.63) is 58.7 Å². The predicted molar refractivity (Wildman–Crippen MR) is 78.1 cm³/mol. The molecule has 0 atom stereocenters. The highest BCUT2D eigenvalue weighted by atomic mass is 16.5. The largest absolute Gasteiger partial charge is 0.486 e. The number of aryl methyl sites for hydroxylation is 2. The van der Waals surface area contributed by atoms with E-state index in [2.05, 4.69) is 0 Å². The lowest BCUT2D eigenvalue weighted by Gasteiger charge is -2.12. The van der Waals surface area contributed by atoms with Gasteiger partial charge in [-0.15, -0.1) is 0 Å². The van der Waals surface area contributed by atoms with E-state index in [1.165, 1.54) is 17.2 Å². The highest BCUT2D eigenvalue weighted by Crippen LogP contribution is 2.27. The summed E-state index contributed by atoms with van der Waals surface area (Å²) in [6.45, 7) is 4.35. The molecule has 0 bridgehead atoms. The first kappa shape index (κ1) is 13.9. The molecule has 0 aliphatic rings. The molecule has 0 amide bonds. The number of hydrogen-bond acceptors (Lipinski definition) is 3. The molecule has 0 heterocycles. The summed E-state index contributed by atoms with van der Waals surface area (Å²) in [7, 11) is 0. The number of nitrogen functional groups attached to an aromatic ring is 1. The summed E-state index contributed by atoms with van der Waals surface area (Å²) < 4.78 is 5.60. The second-order valence-corrected chi connectivity index (χ2v) is 4.74. The van der Waals surface area contributed by atoms with Crippen molar-refractivity contribution in [1.82, 2.24) is 0 Å². The standard InChI is InChI=1S/C16H17NO3/c1-10-6-7-12(8-11(10)2)9-20-15-13(16(18)19)4-3-5-14(15)17/h3-8H,9,17H2,1-2H3,(H,18,19). The molecule has 4 heteroatoms. The second-order valence-electron chi connectivity index (χ2n) is 4.74. The Labute approximate surface area is 117 Å². The van der Waals surface area contributed by atoms with E-state index in [1.807, 2.05) is 32.0 Å². The Bertz CT molecular complexity index is 650. The molecular formula is C16H17NO3. The quantitative estimate of drug-likeness (QED) is 0.838. The minimum absolute atomic E-state index is 0.0776. The molecule has 0 saturated carbocycles. The number of aromatic carboxylic acids is 1. The van der Waals surface area contributed by atoms with E-state index in [0.29, 0.717) is 5.69 Å². The molecule has 0 aliphatic carbocycles. The zero-order valence-electron chi connectivity index (χ0n) is 11.5. The normalized spacial score (nSPS) is 10.3. The number of para-hydroxylation sites is 1. The van der Waals surface area contributed by atoms with Gasteiger partial charge < -0.3 is 15.6 Å². The van der Waals surface area contributed by atoms with Crippen LogP contribution in [0.15, 0.2) is 36.4 Å². The van der Waals surface area contributed by atoms with E-state index in [4.69, 9.17) is 15.6 Å². The van der Waals surface area contributed by atoms with Gasteiger partial charge in [-0.05, 0) is 42.7 Å². The van der Waals surface area contributed by atoms with Gasteiger partial charge in [-0.3, -0.25) is 0 Å². The molecule has 2 aromatic rings. The van der Waals surface area contributed by atoms with Crippen LogP contribution in [0.2, 0.25) is 0 Å². The third-order valence-corrected chi connectivity index (χ3v) is 3.23. The van der Waals surface area contributed by atoms with Crippen molar-refractivity contribution in [3.63, 3.8) is 0 Å². The number of carboxylic acid groups (broad SMARTS) is 1. The van der Waals surface area contributed by atoms with Gasteiger partial charge in [0.25, 0.3) is 0 Å². The predicted octanol–water partition coefficient (Wildman–Crippen LogP) is 3.16. The van der Waals surface area contributed by atoms with Gasteiger partial charge in [0.1, 0.15) is 12.2 Å². The SMILES string of the molecule is Cc1ccc(COc2c(N)cccc2C(=O)O)cc1C. The van der Waals surface area contributed by atoms with Gasteiger partial charge in [0.15, 0.2) is 5.75 Å². The number of hydrogen-bond donors (Lipinski definition) is 2. The summed E-state index contributed by atoms with van der Waals surface area (Å²) in [4.78, 5) is 11.1. The Morgan fingerprint density at radius 1 is 1.20 bits per heavy atom. The third-order valence-electron chi connectivity index (χ3n) is 3.23. The molecule has 0 aliphatic heterocycles. The Morgan fingerprint density at radius 3 is 2.60 bits per heavy atom. The van der Waals surface area contributed by atoms with Gasteiger partial charge in [-0.2, -0.15) is 0 Å². The maximum atomic E-state index is 11.1. The molecule has 2 rings (SSSR count). The summed E-state index contributed by atoms with van der Waals surface area (Å²) in [5.41, 5.74) is 9.55. The number of benzene rings is 2. The summed E-state index contributed by atoms with van der Waals surface area (Å²) in [6, 6.07) is 10.7. The minimum Gasteiger partial charge on any atom is -0.486 e. The average molecular weight is 271 g/mol. The monoisotopic (exact) mass is 271 g/mol. The van der Waals surface area contributed by atoms with Crippen molar-refractivity contribution in [3.8, 4) is 5.75 Å². The Hall–Kier alpha value is -2.49. The molecule has 0 radical (unpaired) electrons. The van der Waals surface area contributed by atoms with Gasteiger partial charge in [-0.25, -0.2) is 4.79 Å². The number of rotatable bonds is 4. The molecular weight excluding hydrogens is 254 g/mol. The van der Waals surface area contributed by atoms with Crippen LogP contribution in [0, 0.1) is 13.8 Å². The van der Waals surface area contributed by atoms with Crippen LogP contribution in [-0.4, -0.2) is 11.1 Å².